The smallest absolute Gasteiger partial charge is 0.193 e. The van der Waals surface area contributed by atoms with E-state index < -0.39 is 0 Å². The van der Waals surface area contributed by atoms with Crippen molar-refractivity contribution in [3.8, 4) is 0 Å². The molecule has 0 fully saturated rings. The van der Waals surface area contributed by atoms with Crippen LogP contribution in [-0.4, -0.2) is 28.4 Å². The standard InChI is InChI=1S/C9H11N5O/c10-8(4-6-15)13-14-9(11)7-3-1-2-5-12-7/h1-3,5,10-11,15H,4,6H2/b10-8?,11-9?,14-13-. The van der Waals surface area contributed by atoms with E-state index in [2.05, 4.69) is 15.2 Å². The minimum Gasteiger partial charge on any atom is -0.396 e. The Kier molecular flexibility index (Phi) is 4.24. The molecule has 1 aromatic rings. The molecule has 0 atom stereocenters. The zero-order chi connectivity index (χ0) is 11.1. The van der Waals surface area contributed by atoms with Gasteiger partial charge in [-0.25, -0.2) is 0 Å². The van der Waals surface area contributed by atoms with Crippen molar-refractivity contribution in [3.63, 3.8) is 0 Å². The highest BCUT2D eigenvalue weighted by Gasteiger charge is 2.00. The third-order valence-corrected chi connectivity index (χ3v) is 1.53. The molecule has 0 spiro atoms. The molecule has 78 valence electrons. The molecule has 0 aliphatic carbocycles. The van der Waals surface area contributed by atoms with Crippen molar-refractivity contribution in [3.05, 3.63) is 30.1 Å². The van der Waals surface area contributed by atoms with Crippen LogP contribution in [0, 0.1) is 10.8 Å². The van der Waals surface area contributed by atoms with Crippen LogP contribution < -0.4 is 0 Å². The Balaban J connectivity index is 2.60. The Labute approximate surface area is 86.7 Å². The highest BCUT2D eigenvalue weighted by atomic mass is 16.3. The average Bonchev–Trinajstić information content (AvgIpc) is 2.27. The van der Waals surface area contributed by atoms with Crippen molar-refractivity contribution < 1.29 is 5.11 Å². The molecular formula is C9H11N5O. The number of amidine groups is 2. The van der Waals surface area contributed by atoms with Crippen LogP contribution in [0.15, 0.2) is 34.6 Å². The van der Waals surface area contributed by atoms with Gasteiger partial charge in [0, 0.05) is 12.6 Å². The van der Waals surface area contributed by atoms with Crippen LogP contribution >= 0.6 is 0 Å². The topological polar surface area (TPSA) is 106 Å². The van der Waals surface area contributed by atoms with Gasteiger partial charge in [0.1, 0.15) is 11.5 Å². The third kappa shape index (κ3) is 3.74. The van der Waals surface area contributed by atoms with Gasteiger partial charge in [-0.3, -0.25) is 15.8 Å². The first-order valence-corrected chi connectivity index (χ1v) is 4.34. The molecule has 0 aliphatic heterocycles. The minimum atomic E-state index is -0.144. The first-order chi connectivity index (χ1) is 7.24. The first-order valence-electron chi connectivity index (χ1n) is 4.34. The molecule has 0 aromatic carbocycles. The molecule has 0 unspecified atom stereocenters. The number of hydrogen-bond donors (Lipinski definition) is 3. The summed E-state index contributed by atoms with van der Waals surface area (Å²) >= 11 is 0. The van der Waals surface area contributed by atoms with E-state index in [4.69, 9.17) is 15.9 Å². The molecule has 0 saturated carbocycles. The van der Waals surface area contributed by atoms with E-state index in [1.165, 1.54) is 0 Å². The van der Waals surface area contributed by atoms with Gasteiger partial charge in [-0.05, 0) is 12.1 Å². The molecule has 6 heteroatoms. The van der Waals surface area contributed by atoms with E-state index in [-0.39, 0.29) is 24.7 Å². The molecule has 15 heavy (non-hydrogen) atoms. The van der Waals surface area contributed by atoms with Crippen LogP contribution in [0.2, 0.25) is 0 Å². The summed E-state index contributed by atoms with van der Waals surface area (Å²) in [7, 11) is 0. The van der Waals surface area contributed by atoms with E-state index in [1.54, 1.807) is 24.4 Å². The van der Waals surface area contributed by atoms with Crippen LogP contribution in [0.5, 0.6) is 0 Å². The molecule has 6 nitrogen and oxygen atoms in total. The maximum absolute atomic E-state index is 8.51. The Morgan fingerprint density at radius 2 is 2.13 bits per heavy atom. The zero-order valence-corrected chi connectivity index (χ0v) is 8.01. The number of aliphatic hydroxyl groups is 1. The second-order valence-corrected chi connectivity index (χ2v) is 2.68. The lowest BCUT2D eigenvalue weighted by Gasteiger charge is -1.95. The normalized spacial score (nSPS) is 10.5. The van der Waals surface area contributed by atoms with Crippen molar-refractivity contribution in [2.24, 2.45) is 10.2 Å². The van der Waals surface area contributed by atoms with Gasteiger partial charge in [0.25, 0.3) is 0 Å². The van der Waals surface area contributed by atoms with Crippen molar-refractivity contribution in [2.45, 2.75) is 6.42 Å². The highest BCUT2D eigenvalue weighted by Crippen LogP contribution is 1.97. The van der Waals surface area contributed by atoms with Crippen LogP contribution in [0.3, 0.4) is 0 Å². The molecular weight excluding hydrogens is 194 g/mol. The lowest BCUT2D eigenvalue weighted by atomic mass is 10.3. The summed E-state index contributed by atoms with van der Waals surface area (Å²) in [6, 6.07) is 5.12. The maximum atomic E-state index is 8.51. The van der Waals surface area contributed by atoms with Crippen LogP contribution in [-0.2, 0) is 0 Å². The van der Waals surface area contributed by atoms with Gasteiger partial charge in [-0.2, -0.15) is 0 Å². The Morgan fingerprint density at radius 1 is 1.33 bits per heavy atom. The second kappa shape index (κ2) is 5.71. The van der Waals surface area contributed by atoms with E-state index >= 15 is 0 Å². The predicted octanol–water partition coefficient (Wildman–Crippen LogP) is 1.22. The number of aliphatic hydroxyl groups excluding tert-OH is 1. The van der Waals surface area contributed by atoms with Gasteiger partial charge in [0.05, 0.1) is 6.61 Å². The van der Waals surface area contributed by atoms with Crippen LogP contribution in [0.4, 0.5) is 0 Å². The highest BCUT2D eigenvalue weighted by molar-refractivity contribution is 5.95. The number of aromatic nitrogens is 1. The van der Waals surface area contributed by atoms with Crippen molar-refractivity contribution >= 4 is 11.7 Å². The summed E-state index contributed by atoms with van der Waals surface area (Å²) < 4.78 is 0. The van der Waals surface area contributed by atoms with Crippen molar-refractivity contribution in [2.75, 3.05) is 6.61 Å². The van der Waals surface area contributed by atoms with Gasteiger partial charge < -0.3 is 5.11 Å². The summed E-state index contributed by atoms with van der Waals surface area (Å²) in [4.78, 5) is 3.90. The summed E-state index contributed by atoms with van der Waals surface area (Å²) in [5.74, 6) is -0.156. The number of rotatable bonds is 3. The summed E-state index contributed by atoms with van der Waals surface area (Å²) in [6.07, 6.45) is 1.69. The number of nitrogens with one attached hydrogen (secondary N) is 2. The molecule has 1 aromatic heterocycles. The molecule has 0 bridgehead atoms. The Bertz CT molecular complexity index is 373. The van der Waals surface area contributed by atoms with Gasteiger partial charge in [-0.15, -0.1) is 10.2 Å². The summed E-state index contributed by atoms with van der Waals surface area (Å²) in [5, 5.41) is 30.2. The fraction of sp³-hybridized carbons (Fsp3) is 0.222. The molecule has 0 radical (unpaired) electrons. The zero-order valence-electron chi connectivity index (χ0n) is 8.01. The van der Waals surface area contributed by atoms with Crippen molar-refractivity contribution in [1.82, 2.24) is 4.98 Å². The van der Waals surface area contributed by atoms with Gasteiger partial charge in [0.15, 0.2) is 5.84 Å². The molecule has 0 amide bonds. The average molecular weight is 205 g/mol. The third-order valence-electron chi connectivity index (χ3n) is 1.53. The largest absolute Gasteiger partial charge is 0.396 e. The molecule has 1 rings (SSSR count). The van der Waals surface area contributed by atoms with E-state index in [0.29, 0.717) is 5.69 Å². The number of azo groups is 1. The Hall–Kier alpha value is -1.95. The van der Waals surface area contributed by atoms with E-state index in [0.717, 1.165) is 0 Å². The molecule has 0 aliphatic rings. The lowest BCUT2D eigenvalue weighted by Crippen LogP contribution is -1.99. The Morgan fingerprint density at radius 3 is 2.73 bits per heavy atom. The van der Waals surface area contributed by atoms with Gasteiger partial charge in [0.2, 0.25) is 0 Å². The number of pyridine rings is 1. The van der Waals surface area contributed by atoms with E-state index in [9.17, 15) is 0 Å². The van der Waals surface area contributed by atoms with Gasteiger partial charge >= 0.3 is 0 Å². The lowest BCUT2D eigenvalue weighted by molar-refractivity contribution is 0.306. The number of nitrogens with zero attached hydrogens (tertiary/aromatic N) is 3. The fourth-order valence-corrected chi connectivity index (χ4v) is 0.820. The quantitative estimate of drug-likeness (QED) is 0.392. The second-order valence-electron chi connectivity index (χ2n) is 2.68. The monoisotopic (exact) mass is 205 g/mol. The molecule has 0 saturated heterocycles. The summed E-state index contributed by atoms with van der Waals surface area (Å²) in [6.45, 7) is -0.144. The molecule has 3 N–H and O–H groups in total. The maximum Gasteiger partial charge on any atom is 0.193 e. The first kappa shape index (κ1) is 11.1. The predicted molar refractivity (Wildman–Crippen MR) is 55.4 cm³/mol. The van der Waals surface area contributed by atoms with Crippen molar-refractivity contribution in [1.29, 1.82) is 10.8 Å². The molecule has 1 heterocycles. The fourth-order valence-electron chi connectivity index (χ4n) is 0.820. The van der Waals surface area contributed by atoms with Crippen LogP contribution in [0.1, 0.15) is 12.1 Å². The van der Waals surface area contributed by atoms with Gasteiger partial charge in [-0.1, -0.05) is 6.07 Å². The van der Waals surface area contributed by atoms with Crippen LogP contribution in [0.25, 0.3) is 0 Å². The minimum absolute atomic E-state index is 0.0572. The SMILES string of the molecule is N=C(CCO)/N=N\C(=N)c1ccccn1. The van der Waals surface area contributed by atoms with E-state index in [1.807, 2.05) is 0 Å². The number of hydrogen-bond acceptors (Lipinski definition) is 4. The summed E-state index contributed by atoms with van der Waals surface area (Å²) in [5.41, 5.74) is 0.401.